The molecule has 36 heavy (non-hydrogen) atoms. The molecule has 190 valence electrons. The van der Waals surface area contributed by atoms with Crippen molar-refractivity contribution in [2.24, 2.45) is 0 Å². The van der Waals surface area contributed by atoms with E-state index in [1.54, 1.807) is 6.92 Å². The van der Waals surface area contributed by atoms with Crippen LogP contribution in [-0.2, 0) is 11.3 Å². The SMILES string of the molecule is CC(=O)N1CC=C(c2cc(C(O)NCc3c(C)cc(C)[nH]c3=O)c3cnn(C4CCCC4)c3c2)CC1. The predicted octanol–water partition coefficient (Wildman–Crippen LogP) is 3.87. The van der Waals surface area contributed by atoms with Crippen molar-refractivity contribution in [2.75, 3.05) is 13.1 Å². The minimum atomic E-state index is -0.966. The number of fused-ring (bicyclic) bond motifs is 1. The first-order chi connectivity index (χ1) is 17.3. The van der Waals surface area contributed by atoms with Gasteiger partial charge in [-0.2, -0.15) is 5.10 Å². The average Bonchev–Trinajstić information content (AvgIpc) is 3.52. The Hall–Kier alpha value is -3.23. The molecule has 2 aliphatic rings. The molecule has 1 atom stereocenters. The van der Waals surface area contributed by atoms with Gasteiger partial charge >= 0.3 is 0 Å². The van der Waals surface area contributed by atoms with Gasteiger partial charge in [-0.1, -0.05) is 18.9 Å². The highest BCUT2D eigenvalue weighted by molar-refractivity contribution is 5.87. The number of H-pyrrole nitrogens is 1. The highest BCUT2D eigenvalue weighted by atomic mass is 16.3. The number of aryl methyl sites for hydroxylation is 2. The van der Waals surface area contributed by atoms with Crippen LogP contribution in [0.2, 0.25) is 0 Å². The maximum Gasteiger partial charge on any atom is 0.252 e. The van der Waals surface area contributed by atoms with Crippen LogP contribution in [0, 0.1) is 13.8 Å². The number of benzene rings is 1. The second-order valence-electron chi connectivity index (χ2n) is 10.2. The first-order valence-electron chi connectivity index (χ1n) is 12.9. The number of nitrogens with one attached hydrogen (secondary N) is 2. The molecule has 3 N–H and O–H groups in total. The Morgan fingerprint density at radius 2 is 2.03 bits per heavy atom. The van der Waals surface area contributed by atoms with Crippen LogP contribution in [-0.4, -0.2) is 43.8 Å². The molecule has 1 aromatic carbocycles. The second-order valence-corrected chi connectivity index (χ2v) is 10.2. The lowest BCUT2D eigenvalue weighted by atomic mass is 9.95. The lowest BCUT2D eigenvalue weighted by Gasteiger charge is -2.26. The molecular formula is C28H35N5O3. The molecule has 5 rings (SSSR count). The van der Waals surface area contributed by atoms with Gasteiger partial charge in [-0.15, -0.1) is 0 Å². The van der Waals surface area contributed by atoms with Crippen molar-refractivity contribution in [1.82, 2.24) is 25.0 Å². The van der Waals surface area contributed by atoms with Crippen molar-refractivity contribution in [1.29, 1.82) is 0 Å². The lowest BCUT2D eigenvalue weighted by Crippen LogP contribution is -2.32. The van der Waals surface area contributed by atoms with Crippen molar-refractivity contribution in [3.63, 3.8) is 0 Å². The van der Waals surface area contributed by atoms with Crippen molar-refractivity contribution in [2.45, 2.75) is 71.7 Å². The standard InChI is InChI=1S/C28H35N5O3/c1-17-12-18(2)31-28(36)24(17)15-29-27(35)23-13-21(20-8-10-32(11-9-20)19(3)34)14-26-25(23)16-30-33(26)22-6-4-5-7-22/h8,12-14,16,22,27,29,35H,4-7,9-11,15H2,1-3H3,(H,31,36). The lowest BCUT2D eigenvalue weighted by molar-refractivity contribution is -0.128. The fourth-order valence-corrected chi connectivity index (χ4v) is 5.65. The molecule has 8 nitrogen and oxygen atoms in total. The van der Waals surface area contributed by atoms with E-state index in [1.165, 1.54) is 18.4 Å². The Bertz CT molecular complexity index is 1380. The number of aliphatic hydroxyl groups is 1. The highest BCUT2D eigenvalue weighted by Crippen LogP contribution is 2.36. The Balaban J connectivity index is 1.51. The number of aliphatic hydroxyl groups excluding tert-OH is 1. The number of nitrogens with zero attached hydrogens (tertiary/aromatic N) is 3. The van der Waals surface area contributed by atoms with E-state index in [-0.39, 0.29) is 18.0 Å². The van der Waals surface area contributed by atoms with Gasteiger partial charge in [-0.3, -0.25) is 19.6 Å². The van der Waals surface area contributed by atoms with E-state index in [1.807, 2.05) is 37.1 Å². The number of carbonyl (C=O) groups excluding carboxylic acids is 1. The quantitative estimate of drug-likeness (QED) is 0.456. The zero-order valence-electron chi connectivity index (χ0n) is 21.3. The number of amides is 1. The zero-order valence-corrected chi connectivity index (χ0v) is 21.3. The number of rotatable bonds is 6. The fraction of sp³-hybridized carbons (Fsp3) is 0.464. The molecule has 0 radical (unpaired) electrons. The third-order valence-corrected chi connectivity index (χ3v) is 7.70. The summed E-state index contributed by atoms with van der Waals surface area (Å²) in [5.74, 6) is 0.0850. The molecule has 1 fully saturated rings. The molecule has 0 bridgehead atoms. The fourth-order valence-electron chi connectivity index (χ4n) is 5.65. The van der Waals surface area contributed by atoms with Gasteiger partial charge in [0.05, 0.1) is 17.8 Å². The van der Waals surface area contributed by atoms with E-state index >= 15 is 0 Å². The predicted molar refractivity (Wildman–Crippen MR) is 140 cm³/mol. The van der Waals surface area contributed by atoms with E-state index in [9.17, 15) is 14.7 Å². The van der Waals surface area contributed by atoms with Crippen LogP contribution in [0.4, 0.5) is 0 Å². The summed E-state index contributed by atoms with van der Waals surface area (Å²) < 4.78 is 2.13. The highest BCUT2D eigenvalue weighted by Gasteiger charge is 2.24. The number of carbonyl (C=O) groups is 1. The van der Waals surface area contributed by atoms with Crippen LogP contribution in [0.25, 0.3) is 16.5 Å². The van der Waals surface area contributed by atoms with Gasteiger partial charge in [-0.05, 0) is 68.0 Å². The summed E-state index contributed by atoms with van der Waals surface area (Å²) in [5, 5.41) is 20.1. The maximum atomic E-state index is 12.5. The van der Waals surface area contributed by atoms with Crippen LogP contribution in [0.1, 0.15) is 79.2 Å². The van der Waals surface area contributed by atoms with Gasteiger partial charge < -0.3 is 15.0 Å². The van der Waals surface area contributed by atoms with Crippen LogP contribution in [0.5, 0.6) is 0 Å². The van der Waals surface area contributed by atoms with Crippen molar-refractivity contribution in [3.8, 4) is 0 Å². The molecule has 1 unspecified atom stereocenters. The third-order valence-electron chi connectivity index (χ3n) is 7.70. The summed E-state index contributed by atoms with van der Waals surface area (Å²) in [4.78, 5) is 29.0. The second kappa shape index (κ2) is 10.0. The summed E-state index contributed by atoms with van der Waals surface area (Å²) in [6.45, 7) is 6.91. The van der Waals surface area contributed by atoms with E-state index in [0.717, 1.165) is 52.5 Å². The number of aromatic amines is 1. The minimum absolute atomic E-state index is 0.0850. The van der Waals surface area contributed by atoms with E-state index in [0.29, 0.717) is 24.7 Å². The van der Waals surface area contributed by atoms with Crippen LogP contribution >= 0.6 is 0 Å². The Kier molecular flexibility index (Phi) is 6.81. The molecule has 8 heteroatoms. The maximum absolute atomic E-state index is 12.5. The Labute approximate surface area is 211 Å². The number of pyridine rings is 1. The summed E-state index contributed by atoms with van der Waals surface area (Å²) in [6, 6.07) is 6.52. The Morgan fingerprint density at radius 3 is 2.69 bits per heavy atom. The number of hydrogen-bond donors (Lipinski definition) is 3. The molecule has 3 heterocycles. The summed E-state index contributed by atoms with van der Waals surface area (Å²) in [6.07, 6.45) is 8.41. The van der Waals surface area contributed by atoms with Gasteiger partial charge in [0, 0.05) is 48.8 Å². The van der Waals surface area contributed by atoms with Gasteiger partial charge in [0.25, 0.3) is 5.56 Å². The van der Waals surface area contributed by atoms with Gasteiger partial charge in [0.2, 0.25) is 5.91 Å². The molecule has 1 amide bonds. The zero-order chi connectivity index (χ0) is 25.4. The summed E-state index contributed by atoms with van der Waals surface area (Å²) in [5.41, 5.74) is 6.19. The largest absolute Gasteiger partial charge is 0.374 e. The van der Waals surface area contributed by atoms with Crippen LogP contribution < -0.4 is 10.9 Å². The molecule has 1 saturated carbocycles. The average molecular weight is 490 g/mol. The molecular weight excluding hydrogens is 454 g/mol. The number of aromatic nitrogens is 3. The first-order valence-corrected chi connectivity index (χ1v) is 12.9. The Morgan fingerprint density at radius 1 is 1.25 bits per heavy atom. The van der Waals surface area contributed by atoms with Crippen LogP contribution in [0.3, 0.4) is 0 Å². The topological polar surface area (TPSA) is 103 Å². The van der Waals surface area contributed by atoms with Crippen molar-refractivity contribution in [3.05, 3.63) is 68.8 Å². The summed E-state index contributed by atoms with van der Waals surface area (Å²) in [7, 11) is 0. The van der Waals surface area contributed by atoms with E-state index < -0.39 is 6.23 Å². The van der Waals surface area contributed by atoms with Crippen molar-refractivity contribution >= 4 is 22.4 Å². The summed E-state index contributed by atoms with van der Waals surface area (Å²) >= 11 is 0. The van der Waals surface area contributed by atoms with Gasteiger partial charge in [0.15, 0.2) is 0 Å². The molecule has 3 aromatic rings. The molecule has 1 aliphatic heterocycles. The molecule has 2 aromatic heterocycles. The normalized spacial score (nSPS) is 17.6. The van der Waals surface area contributed by atoms with E-state index in [2.05, 4.69) is 27.1 Å². The van der Waals surface area contributed by atoms with Gasteiger partial charge in [0.1, 0.15) is 6.23 Å². The molecule has 1 aliphatic carbocycles. The molecule has 0 spiro atoms. The monoisotopic (exact) mass is 489 g/mol. The minimum Gasteiger partial charge on any atom is -0.374 e. The van der Waals surface area contributed by atoms with Crippen LogP contribution in [0.15, 0.2) is 35.3 Å². The first kappa shape index (κ1) is 24.5. The number of hydrogen-bond acceptors (Lipinski definition) is 5. The van der Waals surface area contributed by atoms with Gasteiger partial charge in [-0.25, -0.2) is 0 Å². The van der Waals surface area contributed by atoms with Crippen molar-refractivity contribution < 1.29 is 9.90 Å². The third kappa shape index (κ3) is 4.75. The smallest absolute Gasteiger partial charge is 0.252 e. The van der Waals surface area contributed by atoms with E-state index in [4.69, 9.17) is 5.10 Å². The molecule has 0 saturated heterocycles.